The van der Waals surface area contributed by atoms with Gasteiger partial charge in [-0.25, -0.2) is 4.79 Å². The average Bonchev–Trinajstić information content (AvgIpc) is 2.60. The van der Waals surface area contributed by atoms with Crippen LogP contribution >= 0.6 is 0 Å². The third-order valence-electron chi connectivity index (χ3n) is 4.65. The summed E-state index contributed by atoms with van der Waals surface area (Å²) in [5, 5.41) is 26.2. The minimum absolute atomic E-state index is 0.0780. The van der Waals surface area contributed by atoms with Gasteiger partial charge in [0, 0.05) is 0 Å². The number of amides is 3. The molecule has 0 radical (unpaired) electrons. The zero-order chi connectivity index (χ0) is 23.8. The molecule has 0 rings (SSSR count). The maximum Gasteiger partial charge on any atom is 0.328 e. The van der Waals surface area contributed by atoms with Crippen LogP contribution < -0.4 is 21.7 Å². The van der Waals surface area contributed by atoms with E-state index in [0.29, 0.717) is 6.42 Å². The van der Waals surface area contributed by atoms with Crippen LogP contribution in [-0.2, 0) is 19.2 Å². The van der Waals surface area contributed by atoms with Crippen molar-refractivity contribution < 1.29 is 29.4 Å². The highest BCUT2D eigenvalue weighted by Gasteiger charge is 2.33. The number of carboxylic acid groups (broad SMARTS) is 1. The van der Waals surface area contributed by atoms with Crippen LogP contribution in [-0.4, -0.2) is 64.2 Å². The molecule has 7 N–H and O–H groups in total. The smallest absolute Gasteiger partial charge is 0.328 e. The Morgan fingerprint density at radius 3 is 1.63 bits per heavy atom. The van der Waals surface area contributed by atoms with Crippen molar-refractivity contribution in [2.24, 2.45) is 23.5 Å². The molecule has 0 aliphatic rings. The fourth-order valence-corrected chi connectivity index (χ4v) is 2.69. The van der Waals surface area contributed by atoms with E-state index in [9.17, 15) is 24.3 Å². The predicted octanol–water partition coefficient (Wildman–Crippen LogP) is -0.408. The second-order valence-electron chi connectivity index (χ2n) is 8.76. The van der Waals surface area contributed by atoms with E-state index in [4.69, 9.17) is 10.8 Å². The highest BCUT2D eigenvalue weighted by molar-refractivity contribution is 5.94. The number of nitrogens with two attached hydrogens (primary N) is 1. The van der Waals surface area contributed by atoms with Gasteiger partial charge in [0.25, 0.3) is 0 Å². The molecule has 10 nitrogen and oxygen atoms in total. The van der Waals surface area contributed by atoms with Gasteiger partial charge >= 0.3 is 5.97 Å². The van der Waals surface area contributed by atoms with E-state index in [1.54, 1.807) is 27.7 Å². The van der Waals surface area contributed by atoms with E-state index in [2.05, 4.69) is 16.0 Å². The molecular formula is C20H38N4O6. The van der Waals surface area contributed by atoms with Gasteiger partial charge in [0.05, 0.1) is 12.1 Å². The van der Waals surface area contributed by atoms with Gasteiger partial charge in [-0.1, -0.05) is 41.5 Å². The van der Waals surface area contributed by atoms with Crippen molar-refractivity contribution >= 4 is 23.7 Å². The Labute approximate surface area is 178 Å². The van der Waals surface area contributed by atoms with Crippen molar-refractivity contribution in [1.29, 1.82) is 0 Å². The Kier molecular flexibility index (Phi) is 11.6. The fourth-order valence-electron chi connectivity index (χ4n) is 2.69. The summed E-state index contributed by atoms with van der Waals surface area (Å²) in [5.74, 6) is -3.56. The molecule has 30 heavy (non-hydrogen) atoms. The van der Waals surface area contributed by atoms with E-state index in [1.165, 1.54) is 6.92 Å². The molecule has 0 bridgehead atoms. The van der Waals surface area contributed by atoms with Gasteiger partial charge in [-0.15, -0.1) is 0 Å². The molecule has 0 heterocycles. The number of carbonyl (C=O) groups excluding carboxylic acids is 3. The lowest BCUT2D eigenvalue weighted by Gasteiger charge is -2.28. The van der Waals surface area contributed by atoms with Crippen LogP contribution in [0, 0.1) is 17.8 Å². The largest absolute Gasteiger partial charge is 0.480 e. The number of aliphatic hydroxyl groups excluding tert-OH is 1. The first-order chi connectivity index (χ1) is 13.7. The summed E-state index contributed by atoms with van der Waals surface area (Å²) >= 11 is 0. The third kappa shape index (κ3) is 9.08. The van der Waals surface area contributed by atoms with Crippen LogP contribution in [0.25, 0.3) is 0 Å². The Bertz CT molecular complexity index is 606. The van der Waals surface area contributed by atoms with Gasteiger partial charge in [0.15, 0.2) is 6.04 Å². The average molecular weight is 431 g/mol. The maximum atomic E-state index is 12.9. The van der Waals surface area contributed by atoms with Crippen molar-refractivity contribution in [1.82, 2.24) is 16.0 Å². The van der Waals surface area contributed by atoms with Gasteiger partial charge in [0.1, 0.15) is 12.1 Å². The van der Waals surface area contributed by atoms with Gasteiger partial charge in [-0.3, -0.25) is 14.4 Å². The molecule has 0 saturated carbocycles. The van der Waals surface area contributed by atoms with Crippen molar-refractivity contribution in [3.63, 3.8) is 0 Å². The molecule has 0 aliphatic heterocycles. The fraction of sp³-hybridized carbons (Fsp3) is 0.800. The lowest BCUT2D eigenvalue weighted by atomic mass is 9.98. The van der Waals surface area contributed by atoms with Crippen LogP contribution in [0.1, 0.15) is 54.9 Å². The van der Waals surface area contributed by atoms with E-state index >= 15 is 0 Å². The molecule has 0 spiro atoms. The Balaban J connectivity index is 5.44. The van der Waals surface area contributed by atoms with Gasteiger partial charge in [0.2, 0.25) is 17.7 Å². The van der Waals surface area contributed by atoms with E-state index < -0.39 is 54.0 Å². The van der Waals surface area contributed by atoms with Crippen molar-refractivity contribution in [2.75, 3.05) is 0 Å². The van der Waals surface area contributed by atoms with Crippen LogP contribution in [0.15, 0.2) is 0 Å². The molecule has 5 atom stereocenters. The van der Waals surface area contributed by atoms with Gasteiger partial charge in [-0.2, -0.15) is 0 Å². The number of nitrogens with one attached hydrogen (secondary N) is 3. The van der Waals surface area contributed by atoms with Gasteiger partial charge in [-0.05, 0) is 31.1 Å². The monoisotopic (exact) mass is 430 g/mol. The normalized spacial score (nSPS) is 16.5. The molecule has 0 aromatic carbocycles. The Hall–Kier alpha value is -2.20. The highest BCUT2D eigenvalue weighted by Crippen LogP contribution is 2.10. The van der Waals surface area contributed by atoms with Crippen LogP contribution in [0.2, 0.25) is 0 Å². The molecule has 174 valence electrons. The van der Waals surface area contributed by atoms with Gasteiger partial charge < -0.3 is 31.9 Å². The number of carboxylic acids is 1. The first-order valence-corrected chi connectivity index (χ1v) is 10.3. The number of aliphatic hydroxyl groups is 1. The topological polar surface area (TPSA) is 171 Å². The summed E-state index contributed by atoms with van der Waals surface area (Å²) < 4.78 is 0. The van der Waals surface area contributed by atoms with E-state index in [0.717, 1.165) is 0 Å². The summed E-state index contributed by atoms with van der Waals surface area (Å²) in [6.07, 6.45) is -0.985. The SMILES string of the molecule is CC(C)CC(NC(=O)C(N)C(C)C)C(=O)NC(C(=O)NC(C(=O)O)C(C)O)C(C)C. The summed E-state index contributed by atoms with van der Waals surface area (Å²) in [7, 11) is 0. The van der Waals surface area contributed by atoms with E-state index in [-0.39, 0.29) is 17.8 Å². The molecule has 0 aromatic rings. The molecule has 0 aromatic heterocycles. The minimum Gasteiger partial charge on any atom is -0.480 e. The second kappa shape index (κ2) is 12.5. The summed E-state index contributed by atoms with van der Waals surface area (Å²) in [6, 6.07) is -4.24. The highest BCUT2D eigenvalue weighted by atomic mass is 16.4. The van der Waals surface area contributed by atoms with Crippen molar-refractivity contribution in [3.8, 4) is 0 Å². The summed E-state index contributed by atoms with van der Waals surface area (Å²) in [4.78, 5) is 49.0. The zero-order valence-electron chi connectivity index (χ0n) is 18.9. The molecule has 10 heteroatoms. The molecular weight excluding hydrogens is 392 g/mol. The molecule has 5 unspecified atom stereocenters. The molecule has 0 aliphatic carbocycles. The Morgan fingerprint density at radius 1 is 0.767 bits per heavy atom. The lowest BCUT2D eigenvalue weighted by molar-refractivity contribution is -0.145. The van der Waals surface area contributed by atoms with Crippen molar-refractivity contribution in [2.45, 2.75) is 85.2 Å². The van der Waals surface area contributed by atoms with Crippen LogP contribution in [0.3, 0.4) is 0 Å². The number of aliphatic carboxylic acids is 1. The number of hydrogen-bond donors (Lipinski definition) is 6. The predicted molar refractivity (Wildman–Crippen MR) is 112 cm³/mol. The third-order valence-corrected chi connectivity index (χ3v) is 4.65. The first kappa shape index (κ1) is 27.8. The van der Waals surface area contributed by atoms with Crippen LogP contribution in [0.5, 0.6) is 0 Å². The summed E-state index contributed by atoms with van der Waals surface area (Å²) in [6.45, 7) is 12.0. The standard InChI is InChI=1S/C20H38N4O6/c1-9(2)8-13(22-18(27)14(21)10(3)4)17(26)23-15(11(5)6)19(28)24-16(12(7)25)20(29)30/h9-16,25H,8,21H2,1-7H3,(H,22,27)(H,23,26)(H,24,28)(H,29,30). The lowest BCUT2D eigenvalue weighted by Crippen LogP contribution is -2.60. The molecule has 3 amide bonds. The Morgan fingerprint density at radius 2 is 1.27 bits per heavy atom. The minimum atomic E-state index is -1.51. The molecule has 0 saturated heterocycles. The van der Waals surface area contributed by atoms with Crippen molar-refractivity contribution in [3.05, 3.63) is 0 Å². The van der Waals surface area contributed by atoms with E-state index in [1.807, 2.05) is 13.8 Å². The quantitative estimate of drug-likeness (QED) is 0.244. The van der Waals surface area contributed by atoms with Crippen LogP contribution in [0.4, 0.5) is 0 Å². The first-order valence-electron chi connectivity index (χ1n) is 10.3. The zero-order valence-corrected chi connectivity index (χ0v) is 18.9. The second-order valence-corrected chi connectivity index (χ2v) is 8.76. The number of rotatable bonds is 12. The number of carbonyl (C=O) groups is 4. The number of hydrogen-bond acceptors (Lipinski definition) is 6. The summed E-state index contributed by atoms with van der Waals surface area (Å²) in [5.41, 5.74) is 5.86. The maximum absolute atomic E-state index is 12.9. The molecule has 0 fully saturated rings.